The summed E-state index contributed by atoms with van der Waals surface area (Å²) in [5.41, 5.74) is 0.790. The van der Waals surface area contributed by atoms with Gasteiger partial charge in [-0.1, -0.05) is 57.0 Å². The fraction of sp³-hybridized carbons (Fsp3) is 0.591. The van der Waals surface area contributed by atoms with E-state index in [4.69, 9.17) is 4.98 Å². The van der Waals surface area contributed by atoms with Gasteiger partial charge in [0.1, 0.15) is 5.78 Å². The molecule has 144 valence electrons. The molecular weight excluding hydrogens is 356 g/mol. The van der Waals surface area contributed by atoms with E-state index in [0.717, 1.165) is 42.8 Å². The van der Waals surface area contributed by atoms with E-state index in [1.165, 1.54) is 18.2 Å². The van der Waals surface area contributed by atoms with Crippen molar-refractivity contribution < 1.29 is 4.79 Å². The third-order valence-corrected chi connectivity index (χ3v) is 7.80. The van der Waals surface area contributed by atoms with Crippen molar-refractivity contribution in [3.63, 3.8) is 0 Å². The third-order valence-electron chi connectivity index (χ3n) is 6.52. The van der Waals surface area contributed by atoms with Gasteiger partial charge in [0.05, 0.1) is 16.2 Å². The van der Waals surface area contributed by atoms with Crippen LogP contribution in [0.25, 0.3) is 10.9 Å². The molecule has 5 heteroatoms. The summed E-state index contributed by atoms with van der Waals surface area (Å²) in [6.07, 6.45) is 6.99. The number of carbonyl (C=O) groups is 1. The second-order valence-corrected chi connectivity index (χ2v) is 9.41. The molecule has 0 N–H and O–H groups in total. The molecule has 1 heterocycles. The fourth-order valence-electron chi connectivity index (χ4n) is 4.62. The molecule has 2 saturated carbocycles. The van der Waals surface area contributed by atoms with E-state index >= 15 is 0 Å². The van der Waals surface area contributed by atoms with Crippen LogP contribution < -0.4 is 5.56 Å². The van der Waals surface area contributed by atoms with E-state index < -0.39 is 0 Å². The molecule has 2 aromatic rings. The lowest BCUT2D eigenvalue weighted by atomic mass is 9.78. The number of aromatic nitrogens is 2. The molecule has 0 amide bonds. The van der Waals surface area contributed by atoms with Crippen LogP contribution in [0, 0.1) is 11.8 Å². The van der Waals surface area contributed by atoms with Crippen LogP contribution in [0.3, 0.4) is 0 Å². The number of hydrogen-bond acceptors (Lipinski definition) is 4. The number of nitrogens with zero attached hydrogens (tertiary/aromatic N) is 2. The molecule has 1 aromatic heterocycles. The maximum atomic E-state index is 13.4. The molecule has 2 aliphatic rings. The van der Waals surface area contributed by atoms with Crippen molar-refractivity contribution >= 4 is 28.4 Å². The van der Waals surface area contributed by atoms with Gasteiger partial charge in [-0.15, -0.1) is 0 Å². The van der Waals surface area contributed by atoms with Gasteiger partial charge >= 0.3 is 0 Å². The number of thioether (sulfide) groups is 1. The zero-order valence-corrected chi connectivity index (χ0v) is 17.0. The monoisotopic (exact) mass is 384 g/mol. The molecule has 4 nitrogen and oxygen atoms in total. The smallest absolute Gasteiger partial charge is 0.262 e. The Hall–Kier alpha value is -1.62. The van der Waals surface area contributed by atoms with Crippen LogP contribution >= 0.6 is 11.8 Å². The van der Waals surface area contributed by atoms with E-state index in [-0.39, 0.29) is 16.9 Å². The first-order chi connectivity index (χ1) is 13.1. The zero-order chi connectivity index (χ0) is 19.0. The van der Waals surface area contributed by atoms with Gasteiger partial charge in [-0.3, -0.25) is 14.2 Å². The summed E-state index contributed by atoms with van der Waals surface area (Å²) in [5, 5.41) is 1.36. The predicted molar refractivity (Wildman–Crippen MR) is 110 cm³/mol. The summed E-state index contributed by atoms with van der Waals surface area (Å²) < 4.78 is 1.94. The number of benzene rings is 1. The van der Waals surface area contributed by atoms with Crippen molar-refractivity contribution in [2.45, 2.75) is 75.2 Å². The highest BCUT2D eigenvalue weighted by molar-refractivity contribution is 8.00. The van der Waals surface area contributed by atoms with Crippen molar-refractivity contribution in [2.24, 2.45) is 11.8 Å². The molecule has 0 saturated heterocycles. The van der Waals surface area contributed by atoms with Gasteiger partial charge < -0.3 is 0 Å². The maximum absolute atomic E-state index is 13.4. The van der Waals surface area contributed by atoms with Crippen molar-refractivity contribution in [1.29, 1.82) is 0 Å². The first-order valence-corrected chi connectivity index (χ1v) is 11.1. The topological polar surface area (TPSA) is 52.0 Å². The molecule has 0 radical (unpaired) electrons. The van der Waals surface area contributed by atoms with E-state index in [9.17, 15) is 9.59 Å². The van der Waals surface area contributed by atoms with Crippen molar-refractivity contribution in [3.8, 4) is 0 Å². The lowest BCUT2D eigenvalue weighted by Crippen LogP contribution is -2.36. The zero-order valence-electron chi connectivity index (χ0n) is 16.2. The van der Waals surface area contributed by atoms with Crippen molar-refractivity contribution in [3.05, 3.63) is 34.6 Å². The molecule has 2 fully saturated rings. The summed E-state index contributed by atoms with van der Waals surface area (Å²) in [7, 11) is 0. The van der Waals surface area contributed by atoms with Crippen LogP contribution in [0.1, 0.15) is 64.8 Å². The average Bonchev–Trinajstić information content (AvgIpc) is 2.67. The SMILES string of the molecule is C[C@H]1[C@H](n2c(S[C@@H]3CCCCC3=O)nc3ccccc3c2=O)CCC[C@@H]1C. The Morgan fingerprint density at radius 2 is 1.85 bits per heavy atom. The molecular formula is C22H28N2O2S. The summed E-state index contributed by atoms with van der Waals surface area (Å²) >= 11 is 1.53. The third kappa shape index (κ3) is 3.58. The summed E-state index contributed by atoms with van der Waals surface area (Å²) in [4.78, 5) is 30.7. The van der Waals surface area contributed by atoms with Gasteiger partial charge in [0.25, 0.3) is 5.56 Å². The quantitative estimate of drug-likeness (QED) is 0.699. The molecule has 2 aliphatic carbocycles. The van der Waals surface area contributed by atoms with Crippen LogP contribution in [0.4, 0.5) is 0 Å². The molecule has 0 bridgehead atoms. The number of fused-ring (bicyclic) bond motifs is 1. The Balaban J connectivity index is 1.82. The summed E-state index contributed by atoms with van der Waals surface area (Å²) in [6, 6.07) is 7.77. The minimum Gasteiger partial charge on any atom is -0.298 e. The molecule has 1 aromatic carbocycles. The van der Waals surface area contributed by atoms with Crippen LogP contribution in [-0.2, 0) is 4.79 Å². The Bertz CT molecular complexity index is 907. The molecule has 27 heavy (non-hydrogen) atoms. The lowest BCUT2D eigenvalue weighted by molar-refractivity contribution is -0.119. The minimum absolute atomic E-state index is 0.0531. The predicted octanol–water partition coefficient (Wildman–Crippen LogP) is 5.00. The first kappa shape index (κ1) is 18.7. The van der Waals surface area contributed by atoms with Crippen LogP contribution in [0.5, 0.6) is 0 Å². The van der Waals surface area contributed by atoms with Gasteiger partial charge in [-0.25, -0.2) is 4.98 Å². The number of ketones is 1. The standard InChI is InChI=1S/C22H28N2O2S/c1-14-8-7-11-18(15(14)2)24-21(26)16-9-3-4-10-17(16)23-22(24)27-20-13-6-5-12-19(20)25/h3-4,9-10,14-15,18,20H,5-8,11-13H2,1-2H3/t14-,15+,18+,20+/m0/s1. The van der Waals surface area contributed by atoms with Gasteiger partial charge in [0, 0.05) is 12.5 Å². The van der Waals surface area contributed by atoms with Crippen LogP contribution in [0.15, 0.2) is 34.2 Å². The second kappa shape index (κ2) is 7.78. The number of Topliss-reactive ketones (excluding diaryl/α,β-unsaturated/α-hetero) is 1. The van der Waals surface area contributed by atoms with Gasteiger partial charge in [0.15, 0.2) is 5.16 Å². The first-order valence-electron chi connectivity index (χ1n) is 10.3. The molecule has 4 rings (SSSR count). The normalized spacial score (nSPS) is 29.2. The maximum Gasteiger partial charge on any atom is 0.262 e. The van der Waals surface area contributed by atoms with E-state index in [0.29, 0.717) is 29.4 Å². The van der Waals surface area contributed by atoms with E-state index in [1.807, 2.05) is 28.8 Å². The van der Waals surface area contributed by atoms with Gasteiger partial charge in [-0.05, 0) is 43.2 Å². The average molecular weight is 385 g/mol. The number of para-hydroxylation sites is 1. The highest BCUT2D eigenvalue weighted by Gasteiger charge is 2.33. The Kier molecular flexibility index (Phi) is 5.40. The largest absolute Gasteiger partial charge is 0.298 e. The number of carbonyl (C=O) groups excluding carboxylic acids is 1. The Labute approximate surface area is 164 Å². The minimum atomic E-state index is -0.0608. The Morgan fingerprint density at radius 1 is 1.04 bits per heavy atom. The number of rotatable bonds is 3. The molecule has 0 aliphatic heterocycles. The highest BCUT2D eigenvalue weighted by Crippen LogP contribution is 2.40. The highest BCUT2D eigenvalue weighted by atomic mass is 32.2. The van der Waals surface area contributed by atoms with Gasteiger partial charge in [-0.2, -0.15) is 0 Å². The van der Waals surface area contributed by atoms with Crippen molar-refractivity contribution in [2.75, 3.05) is 0 Å². The van der Waals surface area contributed by atoms with Gasteiger partial charge in [0.2, 0.25) is 0 Å². The molecule has 0 spiro atoms. The van der Waals surface area contributed by atoms with E-state index in [2.05, 4.69) is 13.8 Å². The van der Waals surface area contributed by atoms with E-state index in [1.54, 1.807) is 0 Å². The number of hydrogen-bond donors (Lipinski definition) is 0. The fourth-order valence-corrected chi connectivity index (χ4v) is 5.89. The second-order valence-electron chi connectivity index (χ2n) is 8.24. The Morgan fingerprint density at radius 3 is 2.67 bits per heavy atom. The van der Waals surface area contributed by atoms with Crippen LogP contribution in [0.2, 0.25) is 0 Å². The summed E-state index contributed by atoms with van der Waals surface area (Å²) in [6.45, 7) is 4.55. The lowest BCUT2D eigenvalue weighted by Gasteiger charge is -2.36. The molecule has 4 atom stereocenters. The molecule has 0 unspecified atom stereocenters. The van der Waals surface area contributed by atoms with Crippen LogP contribution in [-0.4, -0.2) is 20.6 Å². The summed E-state index contributed by atoms with van der Waals surface area (Å²) in [5.74, 6) is 1.34. The van der Waals surface area contributed by atoms with Crippen molar-refractivity contribution in [1.82, 2.24) is 9.55 Å².